The molecule has 1 heterocycles. The van der Waals surface area contributed by atoms with E-state index < -0.39 is 0 Å². The lowest BCUT2D eigenvalue weighted by atomic mass is 10.1. The van der Waals surface area contributed by atoms with Gasteiger partial charge >= 0.3 is 0 Å². The Balaban J connectivity index is 2.04. The van der Waals surface area contributed by atoms with Crippen LogP contribution < -0.4 is 10.2 Å². The molecule has 0 atom stereocenters. The summed E-state index contributed by atoms with van der Waals surface area (Å²) in [5, 5.41) is 4.24. The third-order valence-corrected chi connectivity index (χ3v) is 3.55. The summed E-state index contributed by atoms with van der Waals surface area (Å²) in [6, 6.07) is 8.18. The highest BCUT2D eigenvalue weighted by Gasteiger charge is 2.11. The number of anilines is 1. The van der Waals surface area contributed by atoms with Crippen LogP contribution in [0.3, 0.4) is 0 Å². The van der Waals surface area contributed by atoms with E-state index in [0.29, 0.717) is 0 Å². The first kappa shape index (κ1) is 15.9. The average molecular weight is 307 g/mol. The molecule has 0 saturated carbocycles. The number of hydrogen-bond acceptors (Lipinski definition) is 3. The largest absolute Gasteiger partial charge is 0.472 e. The van der Waals surface area contributed by atoms with Crippen LogP contribution in [0.15, 0.2) is 41.2 Å². The number of halogens is 1. The lowest BCUT2D eigenvalue weighted by molar-refractivity contribution is 0.424. The van der Waals surface area contributed by atoms with Gasteiger partial charge in [0.1, 0.15) is 0 Å². The summed E-state index contributed by atoms with van der Waals surface area (Å²) in [4.78, 5) is 2.12. The van der Waals surface area contributed by atoms with Gasteiger partial charge in [0.05, 0.1) is 23.2 Å². The highest BCUT2D eigenvalue weighted by molar-refractivity contribution is 6.33. The van der Waals surface area contributed by atoms with Crippen molar-refractivity contribution in [1.82, 2.24) is 5.32 Å². The second kappa shape index (κ2) is 6.54. The number of nitrogens with one attached hydrogen (secondary N) is 1. The van der Waals surface area contributed by atoms with E-state index in [2.05, 4.69) is 43.1 Å². The molecule has 2 rings (SSSR count). The van der Waals surface area contributed by atoms with E-state index in [-0.39, 0.29) is 5.54 Å². The predicted molar refractivity (Wildman–Crippen MR) is 88.9 cm³/mol. The Labute approximate surface area is 131 Å². The predicted octanol–water partition coefficient (Wildman–Crippen LogP) is 4.46. The van der Waals surface area contributed by atoms with Crippen LogP contribution >= 0.6 is 11.6 Å². The van der Waals surface area contributed by atoms with Gasteiger partial charge in [-0.3, -0.25) is 0 Å². The van der Waals surface area contributed by atoms with E-state index in [1.165, 1.54) is 5.56 Å². The van der Waals surface area contributed by atoms with E-state index in [9.17, 15) is 0 Å². The van der Waals surface area contributed by atoms with E-state index in [4.69, 9.17) is 16.0 Å². The van der Waals surface area contributed by atoms with E-state index in [1.807, 2.05) is 19.2 Å². The number of hydrogen-bond donors (Lipinski definition) is 1. The van der Waals surface area contributed by atoms with E-state index in [0.717, 1.165) is 29.4 Å². The SMILES string of the molecule is CN(Cc1ccoc1)c1ccc(CNC(C)(C)C)cc1Cl. The summed E-state index contributed by atoms with van der Waals surface area (Å²) < 4.78 is 5.10. The van der Waals surface area contributed by atoms with Crippen molar-refractivity contribution in [2.75, 3.05) is 11.9 Å². The Hall–Kier alpha value is -1.45. The Kier molecular flexibility index (Phi) is 4.96. The van der Waals surface area contributed by atoms with E-state index in [1.54, 1.807) is 12.5 Å². The monoisotopic (exact) mass is 306 g/mol. The minimum atomic E-state index is 0.100. The Morgan fingerprint density at radius 1 is 1.19 bits per heavy atom. The Morgan fingerprint density at radius 3 is 2.52 bits per heavy atom. The first-order chi connectivity index (χ1) is 9.85. The lowest BCUT2D eigenvalue weighted by Gasteiger charge is -2.22. The van der Waals surface area contributed by atoms with Crippen LogP contribution in [0.5, 0.6) is 0 Å². The highest BCUT2D eigenvalue weighted by Crippen LogP contribution is 2.27. The summed E-state index contributed by atoms with van der Waals surface area (Å²) in [5.74, 6) is 0. The maximum Gasteiger partial charge on any atom is 0.0952 e. The maximum absolute atomic E-state index is 6.42. The minimum Gasteiger partial charge on any atom is -0.472 e. The second-order valence-corrected chi connectivity index (χ2v) is 6.78. The molecule has 0 bridgehead atoms. The van der Waals surface area contributed by atoms with Crippen LogP contribution in [0.2, 0.25) is 5.02 Å². The zero-order chi connectivity index (χ0) is 15.5. The Bertz CT molecular complexity index is 573. The lowest BCUT2D eigenvalue weighted by Crippen LogP contribution is -2.35. The van der Waals surface area contributed by atoms with Crippen molar-refractivity contribution in [3.05, 3.63) is 52.9 Å². The molecule has 0 spiro atoms. The molecule has 0 aliphatic heterocycles. The fourth-order valence-corrected chi connectivity index (χ4v) is 2.43. The van der Waals surface area contributed by atoms with Crippen molar-refractivity contribution >= 4 is 17.3 Å². The molecule has 114 valence electrons. The molecule has 0 amide bonds. The molecule has 0 aliphatic carbocycles. The molecule has 1 aromatic carbocycles. The molecule has 0 unspecified atom stereocenters. The first-order valence-electron chi connectivity index (χ1n) is 7.11. The van der Waals surface area contributed by atoms with Gasteiger partial charge in [-0.25, -0.2) is 0 Å². The van der Waals surface area contributed by atoms with Crippen LogP contribution in [0.4, 0.5) is 5.69 Å². The zero-order valence-corrected chi connectivity index (χ0v) is 13.9. The summed E-state index contributed by atoms with van der Waals surface area (Å²) in [6.07, 6.45) is 3.44. The summed E-state index contributed by atoms with van der Waals surface area (Å²) in [6.45, 7) is 8.05. The molecule has 1 N–H and O–H groups in total. The molecule has 3 nitrogen and oxygen atoms in total. The van der Waals surface area contributed by atoms with Crippen LogP contribution in [0.1, 0.15) is 31.9 Å². The minimum absolute atomic E-state index is 0.100. The van der Waals surface area contributed by atoms with Gasteiger partial charge in [-0.15, -0.1) is 0 Å². The quantitative estimate of drug-likeness (QED) is 0.884. The third-order valence-electron chi connectivity index (χ3n) is 3.25. The van der Waals surface area contributed by atoms with E-state index >= 15 is 0 Å². The van der Waals surface area contributed by atoms with Crippen LogP contribution in [0, 0.1) is 0 Å². The van der Waals surface area contributed by atoms with Gasteiger partial charge in [0.25, 0.3) is 0 Å². The highest BCUT2D eigenvalue weighted by atomic mass is 35.5. The molecular weight excluding hydrogens is 284 g/mol. The van der Waals surface area contributed by atoms with Crippen molar-refractivity contribution in [1.29, 1.82) is 0 Å². The smallest absolute Gasteiger partial charge is 0.0952 e. The zero-order valence-electron chi connectivity index (χ0n) is 13.1. The standard InChI is InChI=1S/C17H23ClN2O/c1-17(2,3)19-10-13-5-6-16(15(18)9-13)20(4)11-14-7-8-21-12-14/h5-9,12,19H,10-11H2,1-4H3. The fourth-order valence-electron chi connectivity index (χ4n) is 2.08. The van der Waals surface area contributed by atoms with Gasteiger partial charge in [-0.05, 0) is 44.5 Å². The van der Waals surface area contributed by atoms with Crippen molar-refractivity contribution < 1.29 is 4.42 Å². The first-order valence-corrected chi connectivity index (χ1v) is 7.48. The fraction of sp³-hybridized carbons (Fsp3) is 0.412. The summed E-state index contributed by atoms with van der Waals surface area (Å²) in [7, 11) is 2.03. The van der Waals surface area contributed by atoms with Crippen molar-refractivity contribution in [3.63, 3.8) is 0 Å². The Morgan fingerprint density at radius 2 is 1.95 bits per heavy atom. The van der Waals surface area contributed by atoms with Crippen molar-refractivity contribution in [3.8, 4) is 0 Å². The molecule has 0 saturated heterocycles. The van der Waals surface area contributed by atoms with Gasteiger partial charge < -0.3 is 14.6 Å². The van der Waals surface area contributed by atoms with Gasteiger partial charge in [-0.1, -0.05) is 17.7 Å². The van der Waals surface area contributed by atoms with Crippen LogP contribution in [-0.2, 0) is 13.1 Å². The van der Waals surface area contributed by atoms with Gasteiger partial charge in [-0.2, -0.15) is 0 Å². The van der Waals surface area contributed by atoms with Crippen molar-refractivity contribution in [2.45, 2.75) is 39.4 Å². The van der Waals surface area contributed by atoms with Crippen LogP contribution in [0.25, 0.3) is 0 Å². The maximum atomic E-state index is 6.42. The van der Waals surface area contributed by atoms with Gasteiger partial charge in [0.15, 0.2) is 0 Å². The van der Waals surface area contributed by atoms with Crippen LogP contribution in [-0.4, -0.2) is 12.6 Å². The molecular formula is C17H23ClN2O. The average Bonchev–Trinajstić information content (AvgIpc) is 2.88. The molecule has 21 heavy (non-hydrogen) atoms. The molecule has 0 fully saturated rings. The summed E-state index contributed by atoms with van der Waals surface area (Å²) in [5.41, 5.74) is 3.45. The number of benzene rings is 1. The van der Waals surface area contributed by atoms with Gasteiger partial charge in [0.2, 0.25) is 0 Å². The second-order valence-electron chi connectivity index (χ2n) is 6.38. The third kappa shape index (κ3) is 4.80. The molecule has 1 aromatic heterocycles. The number of furan rings is 1. The molecule has 0 aliphatic rings. The van der Waals surface area contributed by atoms with Crippen molar-refractivity contribution in [2.24, 2.45) is 0 Å². The topological polar surface area (TPSA) is 28.4 Å². The van der Waals surface area contributed by atoms with Gasteiger partial charge in [0, 0.05) is 31.2 Å². The molecule has 0 radical (unpaired) electrons. The number of nitrogens with zero attached hydrogens (tertiary/aromatic N) is 1. The molecule has 2 aromatic rings. The molecule has 4 heteroatoms. The number of rotatable bonds is 5. The summed E-state index contributed by atoms with van der Waals surface area (Å²) >= 11 is 6.42. The normalized spacial score (nSPS) is 11.7.